The summed E-state index contributed by atoms with van der Waals surface area (Å²) in [5.74, 6) is -0.420. The largest absolute Gasteiger partial charge is 0.355 e. The second-order valence-corrected chi connectivity index (χ2v) is 7.62. The molecule has 0 saturated heterocycles. The van der Waals surface area contributed by atoms with Crippen molar-refractivity contribution < 1.29 is 14.0 Å². The summed E-state index contributed by atoms with van der Waals surface area (Å²) in [6.45, 7) is 3.18. The molecule has 0 unspecified atom stereocenters. The number of benzene rings is 2. The molecule has 2 aromatic carbocycles. The number of hydrogen-bond donors (Lipinski definition) is 2. The molecule has 3 aromatic rings. The maximum atomic E-state index is 13.7. The number of carbonyl (C=O) groups is 2. The monoisotopic (exact) mass is 441 g/mol. The molecule has 0 fully saturated rings. The van der Waals surface area contributed by atoms with Crippen LogP contribution in [0.1, 0.15) is 28.7 Å². The second kappa shape index (κ2) is 11.3. The molecule has 1 aromatic heterocycles. The highest BCUT2D eigenvalue weighted by atomic mass is 32.2. The van der Waals surface area contributed by atoms with Gasteiger partial charge in [0.05, 0.1) is 17.9 Å². The summed E-state index contributed by atoms with van der Waals surface area (Å²) in [6.07, 6.45) is 0.772. The van der Waals surface area contributed by atoms with Crippen LogP contribution in [0.3, 0.4) is 0 Å². The first-order chi connectivity index (χ1) is 15.1. The van der Waals surface area contributed by atoms with Gasteiger partial charge < -0.3 is 15.2 Å². The van der Waals surface area contributed by atoms with E-state index in [1.807, 2.05) is 41.8 Å². The summed E-state index contributed by atoms with van der Waals surface area (Å²) in [5, 5.41) is 14.4. The minimum Gasteiger partial charge on any atom is -0.355 e. The number of thioether (sulfide) groups is 1. The Hall–Kier alpha value is -3.20. The molecule has 162 valence electrons. The van der Waals surface area contributed by atoms with Gasteiger partial charge in [-0.2, -0.15) is 0 Å². The Bertz CT molecular complexity index is 1030. The van der Waals surface area contributed by atoms with Gasteiger partial charge in [0.25, 0.3) is 5.91 Å². The molecule has 0 aliphatic carbocycles. The van der Waals surface area contributed by atoms with Crippen LogP contribution >= 0.6 is 11.8 Å². The van der Waals surface area contributed by atoms with E-state index in [2.05, 4.69) is 20.8 Å². The van der Waals surface area contributed by atoms with Gasteiger partial charge in [0.15, 0.2) is 11.0 Å². The van der Waals surface area contributed by atoms with Crippen molar-refractivity contribution in [3.8, 4) is 0 Å². The van der Waals surface area contributed by atoms with E-state index in [1.165, 1.54) is 35.5 Å². The van der Waals surface area contributed by atoms with Gasteiger partial charge >= 0.3 is 0 Å². The van der Waals surface area contributed by atoms with Crippen LogP contribution in [-0.2, 0) is 24.3 Å². The number of carbonyl (C=O) groups excluding carboxylic acids is 2. The predicted molar refractivity (Wildman–Crippen MR) is 117 cm³/mol. The minimum atomic E-state index is -0.577. The van der Waals surface area contributed by atoms with Gasteiger partial charge in [-0.05, 0) is 31.0 Å². The first-order valence-electron chi connectivity index (χ1n) is 9.96. The zero-order valence-corrected chi connectivity index (χ0v) is 18.0. The zero-order valence-electron chi connectivity index (χ0n) is 17.2. The van der Waals surface area contributed by atoms with Crippen LogP contribution in [0.2, 0.25) is 0 Å². The number of aromatic nitrogens is 3. The highest BCUT2D eigenvalue weighted by molar-refractivity contribution is 7.99. The van der Waals surface area contributed by atoms with Crippen molar-refractivity contribution in [1.29, 1.82) is 0 Å². The fourth-order valence-electron chi connectivity index (χ4n) is 2.95. The zero-order chi connectivity index (χ0) is 22.1. The van der Waals surface area contributed by atoms with E-state index in [0.717, 1.165) is 6.42 Å². The minimum absolute atomic E-state index is 0.0214. The number of halogens is 1. The van der Waals surface area contributed by atoms with Crippen LogP contribution in [0.4, 0.5) is 4.39 Å². The Morgan fingerprint density at radius 2 is 1.77 bits per heavy atom. The van der Waals surface area contributed by atoms with Crippen molar-refractivity contribution in [3.05, 3.63) is 77.4 Å². The summed E-state index contributed by atoms with van der Waals surface area (Å²) in [4.78, 5) is 24.3. The molecule has 2 N–H and O–H groups in total. The van der Waals surface area contributed by atoms with Gasteiger partial charge in [0.1, 0.15) is 5.82 Å². The average molecular weight is 442 g/mol. The fourth-order valence-corrected chi connectivity index (χ4v) is 3.80. The van der Waals surface area contributed by atoms with Crippen molar-refractivity contribution in [2.45, 2.75) is 31.6 Å². The molecular weight excluding hydrogens is 417 g/mol. The van der Waals surface area contributed by atoms with Gasteiger partial charge in [-0.1, -0.05) is 54.2 Å². The molecule has 1 heterocycles. The van der Waals surface area contributed by atoms with Crippen molar-refractivity contribution in [2.75, 3.05) is 12.3 Å². The molecule has 31 heavy (non-hydrogen) atoms. The third-order valence-electron chi connectivity index (χ3n) is 4.55. The molecule has 0 radical (unpaired) electrons. The van der Waals surface area contributed by atoms with Gasteiger partial charge in [-0.15, -0.1) is 10.2 Å². The first-order valence-corrected chi connectivity index (χ1v) is 10.9. The van der Waals surface area contributed by atoms with Crippen molar-refractivity contribution >= 4 is 23.6 Å². The lowest BCUT2D eigenvalue weighted by Gasteiger charge is -2.09. The lowest BCUT2D eigenvalue weighted by Crippen LogP contribution is -2.27. The number of rotatable bonds is 10. The van der Waals surface area contributed by atoms with Crippen LogP contribution < -0.4 is 10.6 Å². The SMILES string of the molecule is CCn1c(CNC(=O)c2ccccc2F)nnc1SCC(=O)NCCc1ccccc1. The highest BCUT2D eigenvalue weighted by Crippen LogP contribution is 2.17. The Kier molecular flexibility index (Phi) is 8.17. The Labute approximate surface area is 184 Å². The van der Waals surface area contributed by atoms with E-state index < -0.39 is 11.7 Å². The number of nitrogens with zero attached hydrogens (tertiary/aromatic N) is 3. The summed E-state index contributed by atoms with van der Waals surface area (Å²) < 4.78 is 15.6. The second-order valence-electron chi connectivity index (χ2n) is 6.68. The average Bonchev–Trinajstić information content (AvgIpc) is 3.19. The van der Waals surface area contributed by atoms with E-state index in [4.69, 9.17) is 0 Å². The van der Waals surface area contributed by atoms with E-state index in [0.29, 0.717) is 24.1 Å². The van der Waals surface area contributed by atoms with Gasteiger partial charge in [0, 0.05) is 13.1 Å². The van der Waals surface area contributed by atoms with Gasteiger partial charge in [-0.3, -0.25) is 9.59 Å². The molecule has 0 bridgehead atoms. The maximum absolute atomic E-state index is 13.7. The third-order valence-corrected chi connectivity index (χ3v) is 5.51. The third kappa shape index (κ3) is 6.39. The van der Waals surface area contributed by atoms with Crippen LogP contribution in [0.25, 0.3) is 0 Å². The van der Waals surface area contributed by atoms with E-state index in [1.54, 1.807) is 6.07 Å². The normalized spacial score (nSPS) is 10.6. The summed E-state index contributed by atoms with van der Waals surface area (Å²) in [5.41, 5.74) is 1.15. The number of amides is 2. The van der Waals surface area contributed by atoms with E-state index in [-0.39, 0.29) is 23.8 Å². The summed E-state index contributed by atoms with van der Waals surface area (Å²) in [6, 6.07) is 15.8. The summed E-state index contributed by atoms with van der Waals surface area (Å²) in [7, 11) is 0. The molecule has 9 heteroatoms. The van der Waals surface area contributed by atoms with Crippen LogP contribution in [0.5, 0.6) is 0 Å². The lowest BCUT2D eigenvalue weighted by atomic mass is 10.1. The molecule has 0 spiro atoms. The van der Waals surface area contributed by atoms with Gasteiger partial charge in [-0.25, -0.2) is 4.39 Å². The van der Waals surface area contributed by atoms with E-state index >= 15 is 0 Å². The highest BCUT2D eigenvalue weighted by Gasteiger charge is 2.15. The molecule has 0 saturated carbocycles. The molecule has 2 amide bonds. The predicted octanol–water partition coefficient (Wildman–Crippen LogP) is 2.82. The number of hydrogen-bond acceptors (Lipinski definition) is 5. The van der Waals surface area contributed by atoms with Crippen molar-refractivity contribution in [1.82, 2.24) is 25.4 Å². The topological polar surface area (TPSA) is 88.9 Å². The first kappa shape index (κ1) is 22.5. The molecular formula is C22H24FN5O2S. The lowest BCUT2D eigenvalue weighted by molar-refractivity contribution is -0.118. The van der Waals surface area contributed by atoms with Gasteiger partial charge in [0.2, 0.25) is 5.91 Å². The Morgan fingerprint density at radius 3 is 2.52 bits per heavy atom. The van der Waals surface area contributed by atoms with Crippen molar-refractivity contribution in [3.63, 3.8) is 0 Å². The van der Waals surface area contributed by atoms with Crippen molar-refractivity contribution in [2.24, 2.45) is 0 Å². The van der Waals surface area contributed by atoms with Crippen LogP contribution in [0, 0.1) is 5.82 Å². The molecule has 0 atom stereocenters. The summed E-state index contributed by atoms with van der Waals surface area (Å²) >= 11 is 1.28. The molecule has 7 nitrogen and oxygen atoms in total. The van der Waals surface area contributed by atoms with Crippen LogP contribution in [0.15, 0.2) is 59.8 Å². The standard InChI is InChI=1S/C22H24FN5O2S/c1-2-28-19(14-25-21(30)17-10-6-7-11-18(17)23)26-27-22(28)31-15-20(29)24-13-12-16-8-4-3-5-9-16/h3-11H,2,12-15H2,1H3,(H,24,29)(H,25,30). The molecule has 0 aliphatic heterocycles. The fraction of sp³-hybridized carbons (Fsp3) is 0.273. The Morgan fingerprint density at radius 1 is 1.03 bits per heavy atom. The Balaban J connectivity index is 1.48. The number of nitrogens with one attached hydrogen (secondary N) is 2. The van der Waals surface area contributed by atoms with E-state index in [9.17, 15) is 14.0 Å². The molecule has 3 rings (SSSR count). The smallest absolute Gasteiger partial charge is 0.254 e. The molecule has 0 aliphatic rings. The van der Waals surface area contributed by atoms with Crippen LogP contribution in [-0.4, -0.2) is 38.9 Å². The maximum Gasteiger partial charge on any atom is 0.254 e. The quantitative estimate of drug-likeness (QED) is 0.473.